The van der Waals surface area contributed by atoms with Crippen LogP contribution in [0.25, 0.3) is 0 Å². The van der Waals surface area contributed by atoms with E-state index >= 15 is 0 Å². The van der Waals surface area contributed by atoms with Crippen LogP contribution in [0.3, 0.4) is 0 Å². The van der Waals surface area contributed by atoms with Crippen LogP contribution in [0.1, 0.15) is 26.7 Å². The number of hydrogen-bond donors (Lipinski definition) is 1. The maximum absolute atomic E-state index is 6.19. The van der Waals surface area contributed by atoms with Crippen molar-refractivity contribution in [3.8, 4) is 0 Å². The molecule has 0 aliphatic carbocycles. The normalized spacial score (nSPS) is 17.3. The molecule has 1 aliphatic heterocycles. The molecule has 1 saturated heterocycles. The van der Waals surface area contributed by atoms with E-state index < -0.39 is 0 Å². The summed E-state index contributed by atoms with van der Waals surface area (Å²) in [5.41, 5.74) is 6.53. The van der Waals surface area contributed by atoms with Gasteiger partial charge in [-0.25, -0.2) is 9.97 Å². The lowest BCUT2D eigenvalue weighted by molar-refractivity contribution is 0.279. The molecule has 1 aliphatic rings. The Morgan fingerprint density at radius 2 is 1.91 bits per heavy atom. The van der Waals surface area contributed by atoms with Crippen molar-refractivity contribution in [2.75, 3.05) is 23.7 Å². The van der Waals surface area contributed by atoms with Crippen molar-refractivity contribution in [2.24, 2.45) is 5.41 Å². The second-order valence-electron chi connectivity index (χ2n) is 6.60. The van der Waals surface area contributed by atoms with Crippen molar-refractivity contribution in [1.29, 1.82) is 0 Å². The average molecular weight is 349 g/mol. The van der Waals surface area contributed by atoms with Gasteiger partial charge < -0.3 is 10.6 Å². The predicted molar refractivity (Wildman–Crippen MR) is 97.2 cm³/mol. The molecule has 0 saturated carbocycles. The molecular weight excluding hydrogens is 328 g/mol. The lowest BCUT2D eigenvalue weighted by Crippen LogP contribution is -2.37. The van der Waals surface area contributed by atoms with E-state index in [1.54, 1.807) is 0 Å². The van der Waals surface area contributed by atoms with Crippen LogP contribution in [0, 0.1) is 5.41 Å². The molecule has 3 rings (SSSR count). The Kier molecular flexibility index (Phi) is 4.69. The molecule has 0 radical (unpaired) electrons. The van der Waals surface area contributed by atoms with Gasteiger partial charge in [0.25, 0.3) is 0 Å². The monoisotopic (exact) mass is 348 g/mol. The van der Waals surface area contributed by atoms with Gasteiger partial charge >= 0.3 is 0 Å². The summed E-state index contributed by atoms with van der Waals surface area (Å²) in [5.74, 6) is 1.32. The van der Waals surface area contributed by atoms with Gasteiger partial charge in [0.05, 0.1) is 11.2 Å². The first kappa shape index (κ1) is 16.4. The molecule has 122 valence electrons. The van der Waals surface area contributed by atoms with Crippen LogP contribution in [0.5, 0.6) is 0 Å². The topological polar surface area (TPSA) is 55.0 Å². The minimum absolute atomic E-state index is 0.412. The smallest absolute Gasteiger partial charge is 0.158 e. The van der Waals surface area contributed by atoms with Crippen molar-refractivity contribution in [1.82, 2.24) is 9.97 Å². The third-order valence-corrected chi connectivity index (χ3v) is 5.76. The van der Waals surface area contributed by atoms with E-state index in [0.717, 1.165) is 36.6 Å². The number of aromatic nitrogens is 2. The molecule has 0 unspecified atom stereocenters. The van der Waals surface area contributed by atoms with Crippen LogP contribution in [-0.2, 0) is 0 Å². The van der Waals surface area contributed by atoms with Gasteiger partial charge in [-0.15, -0.1) is 0 Å². The molecule has 0 amide bonds. The van der Waals surface area contributed by atoms with E-state index in [4.69, 9.17) is 17.3 Å². The molecule has 6 heteroatoms. The van der Waals surface area contributed by atoms with Crippen LogP contribution < -0.4 is 10.6 Å². The zero-order chi connectivity index (χ0) is 16.4. The summed E-state index contributed by atoms with van der Waals surface area (Å²) in [7, 11) is 0. The maximum Gasteiger partial charge on any atom is 0.158 e. The molecule has 2 heterocycles. The number of rotatable bonds is 3. The number of piperidine rings is 1. The Labute approximate surface area is 146 Å². The zero-order valence-electron chi connectivity index (χ0n) is 13.4. The van der Waals surface area contributed by atoms with Crippen molar-refractivity contribution >= 4 is 35.0 Å². The second-order valence-corrected chi connectivity index (χ2v) is 8.04. The molecule has 1 fully saturated rings. The molecule has 0 spiro atoms. The van der Waals surface area contributed by atoms with Crippen LogP contribution in [0.4, 0.5) is 11.6 Å². The number of nitrogens with two attached hydrogens (primary N) is 1. The van der Waals surface area contributed by atoms with Gasteiger partial charge in [-0.05, 0) is 30.4 Å². The summed E-state index contributed by atoms with van der Waals surface area (Å²) in [4.78, 5) is 12.2. The second kappa shape index (κ2) is 6.57. The van der Waals surface area contributed by atoms with E-state index in [9.17, 15) is 0 Å². The molecule has 1 aromatic heterocycles. The third-order valence-electron chi connectivity index (χ3n) is 4.24. The zero-order valence-corrected chi connectivity index (χ0v) is 15.0. The first-order valence-electron chi connectivity index (χ1n) is 7.74. The fourth-order valence-corrected chi connectivity index (χ4v) is 3.61. The van der Waals surface area contributed by atoms with Crippen molar-refractivity contribution in [3.05, 3.63) is 35.5 Å². The lowest BCUT2D eigenvalue weighted by Gasteiger charge is -2.37. The molecule has 4 nitrogen and oxygen atoms in total. The number of nitrogens with zero attached hydrogens (tertiary/aromatic N) is 3. The molecule has 1 aromatic carbocycles. The maximum atomic E-state index is 6.19. The van der Waals surface area contributed by atoms with Crippen molar-refractivity contribution in [3.63, 3.8) is 0 Å². The van der Waals surface area contributed by atoms with E-state index in [1.807, 2.05) is 30.5 Å². The number of halogens is 1. The van der Waals surface area contributed by atoms with Crippen LogP contribution >= 0.6 is 23.4 Å². The third kappa shape index (κ3) is 3.90. The molecule has 23 heavy (non-hydrogen) atoms. The Hall–Kier alpha value is -1.46. The van der Waals surface area contributed by atoms with E-state index in [2.05, 4.69) is 28.7 Å². The first-order valence-corrected chi connectivity index (χ1v) is 8.94. The fraction of sp³-hybridized carbons (Fsp3) is 0.412. The van der Waals surface area contributed by atoms with Gasteiger partial charge in [-0.2, -0.15) is 0 Å². The fourth-order valence-electron chi connectivity index (χ4n) is 2.59. The highest BCUT2D eigenvalue weighted by Gasteiger charge is 2.26. The first-order chi connectivity index (χ1) is 10.9. The van der Waals surface area contributed by atoms with Crippen molar-refractivity contribution in [2.45, 2.75) is 36.6 Å². The van der Waals surface area contributed by atoms with Crippen LogP contribution in [-0.4, -0.2) is 23.1 Å². The largest absolute Gasteiger partial charge is 0.381 e. The average Bonchev–Trinajstić information content (AvgIpc) is 2.51. The number of nitrogen functional groups attached to an aromatic ring is 1. The van der Waals surface area contributed by atoms with Crippen LogP contribution in [0.15, 0.2) is 40.4 Å². The number of anilines is 2. The Morgan fingerprint density at radius 1 is 1.22 bits per heavy atom. The van der Waals surface area contributed by atoms with Crippen molar-refractivity contribution < 1.29 is 0 Å². The van der Waals surface area contributed by atoms with Gasteiger partial charge in [0.15, 0.2) is 5.82 Å². The molecule has 2 N–H and O–H groups in total. The summed E-state index contributed by atoms with van der Waals surface area (Å²) < 4.78 is 0. The quantitative estimate of drug-likeness (QED) is 0.885. The number of hydrogen-bond acceptors (Lipinski definition) is 5. The summed E-state index contributed by atoms with van der Waals surface area (Å²) in [6, 6.07) is 7.66. The molecule has 2 aromatic rings. The SMILES string of the molecule is CC1(C)CCN(c2cnc(Sc3ccccc3Cl)c(N)n2)CC1. The Bertz CT molecular complexity index is 695. The van der Waals surface area contributed by atoms with E-state index in [1.165, 1.54) is 11.8 Å². The summed E-state index contributed by atoms with van der Waals surface area (Å²) in [6.45, 7) is 6.62. The van der Waals surface area contributed by atoms with Gasteiger partial charge in [-0.1, -0.05) is 49.3 Å². The summed E-state index contributed by atoms with van der Waals surface area (Å²) >= 11 is 7.64. The highest BCUT2D eigenvalue weighted by Crippen LogP contribution is 2.36. The predicted octanol–water partition coefficient (Wildman–Crippen LogP) is 4.49. The van der Waals surface area contributed by atoms with Gasteiger partial charge in [0, 0.05) is 18.0 Å². The number of benzene rings is 1. The minimum Gasteiger partial charge on any atom is -0.381 e. The lowest BCUT2D eigenvalue weighted by atomic mass is 9.83. The standard InChI is InChI=1S/C17H21ClN4S/c1-17(2)7-9-22(10-8-17)14-11-20-16(15(19)21-14)23-13-6-4-3-5-12(13)18/h3-6,11H,7-10H2,1-2H3,(H2,19,21). The minimum atomic E-state index is 0.412. The molecule has 0 atom stereocenters. The summed E-state index contributed by atoms with van der Waals surface area (Å²) in [6.07, 6.45) is 4.13. The van der Waals surface area contributed by atoms with E-state index in [0.29, 0.717) is 21.3 Å². The van der Waals surface area contributed by atoms with Gasteiger partial charge in [0.1, 0.15) is 10.8 Å². The summed E-state index contributed by atoms with van der Waals surface area (Å²) in [5, 5.41) is 1.39. The van der Waals surface area contributed by atoms with Gasteiger partial charge in [-0.3, -0.25) is 0 Å². The highest BCUT2D eigenvalue weighted by atomic mass is 35.5. The van der Waals surface area contributed by atoms with E-state index in [-0.39, 0.29) is 0 Å². The Balaban J connectivity index is 1.75. The van der Waals surface area contributed by atoms with Gasteiger partial charge in [0.2, 0.25) is 0 Å². The molecular formula is C17H21ClN4S. The van der Waals surface area contributed by atoms with Crippen LogP contribution in [0.2, 0.25) is 5.02 Å². The Morgan fingerprint density at radius 3 is 2.57 bits per heavy atom. The highest BCUT2D eigenvalue weighted by molar-refractivity contribution is 7.99. The molecule has 0 bridgehead atoms.